The number of amides is 2. The van der Waals surface area contributed by atoms with Gasteiger partial charge in [0.15, 0.2) is 0 Å². The Hall–Kier alpha value is -3.41. The summed E-state index contributed by atoms with van der Waals surface area (Å²) < 4.78 is 36.8. The maximum Gasteiger partial charge on any atom is 0.490 e. The Morgan fingerprint density at radius 1 is 1.25 bits per heavy atom. The molecule has 6 N–H and O–H groups in total. The Kier molecular flexibility index (Phi) is 7.27. The number of alkyl halides is 3. The van der Waals surface area contributed by atoms with Crippen molar-refractivity contribution in [3.63, 3.8) is 0 Å². The van der Waals surface area contributed by atoms with E-state index < -0.39 is 35.6 Å². The van der Waals surface area contributed by atoms with Gasteiger partial charge in [0, 0.05) is 23.2 Å². The van der Waals surface area contributed by atoms with E-state index in [1.807, 2.05) is 0 Å². The SMILES string of the molecule is Cc1cc(=O)oc2cc(NC(=O)C(N)CC(N)=O)ccc12.O=C(O)C(F)(F)F. The van der Waals surface area contributed by atoms with Gasteiger partial charge in [-0.05, 0) is 24.6 Å². The van der Waals surface area contributed by atoms with Crippen molar-refractivity contribution in [1.82, 2.24) is 0 Å². The number of aryl methyl sites for hydroxylation is 1. The number of carboxylic acid groups (broad SMARTS) is 1. The summed E-state index contributed by atoms with van der Waals surface area (Å²) in [5.74, 6) is -3.95. The van der Waals surface area contributed by atoms with Crippen LogP contribution >= 0.6 is 0 Å². The highest BCUT2D eigenvalue weighted by atomic mass is 19.4. The molecule has 1 unspecified atom stereocenters. The highest BCUT2D eigenvalue weighted by molar-refractivity contribution is 5.98. The second kappa shape index (κ2) is 8.99. The number of hydrogen-bond acceptors (Lipinski definition) is 6. The summed E-state index contributed by atoms with van der Waals surface area (Å²) in [7, 11) is 0. The minimum Gasteiger partial charge on any atom is -0.475 e. The molecular formula is C16H16F3N3O6. The third kappa shape index (κ3) is 6.72. The predicted octanol–water partition coefficient (Wildman–Crippen LogP) is 0.876. The fourth-order valence-electron chi connectivity index (χ4n) is 1.95. The van der Waals surface area contributed by atoms with Gasteiger partial charge in [-0.25, -0.2) is 9.59 Å². The van der Waals surface area contributed by atoms with Crippen molar-refractivity contribution in [2.75, 3.05) is 5.32 Å². The Morgan fingerprint density at radius 2 is 1.82 bits per heavy atom. The lowest BCUT2D eigenvalue weighted by molar-refractivity contribution is -0.192. The standard InChI is InChI=1S/C14H15N3O4.C2HF3O2/c1-7-4-13(19)21-11-5-8(2-3-9(7)11)17-14(20)10(15)6-12(16)18;3-2(4,5)1(6)7/h2-5,10H,6,15H2,1H3,(H2,16,18)(H,17,20);(H,6,7). The van der Waals surface area contributed by atoms with Gasteiger partial charge in [-0.2, -0.15) is 13.2 Å². The molecule has 9 nitrogen and oxygen atoms in total. The van der Waals surface area contributed by atoms with Gasteiger partial charge in [-0.15, -0.1) is 0 Å². The van der Waals surface area contributed by atoms with E-state index in [1.54, 1.807) is 19.1 Å². The summed E-state index contributed by atoms with van der Waals surface area (Å²) in [5.41, 5.74) is 11.6. The second-order valence-corrected chi connectivity index (χ2v) is 5.53. The first kappa shape index (κ1) is 22.6. The minimum absolute atomic E-state index is 0.242. The zero-order valence-corrected chi connectivity index (χ0v) is 14.4. The molecule has 0 aliphatic carbocycles. The molecule has 1 heterocycles. The number of fused-ring (bicyclic) bond motifs is 1. The predicted molar refractivity (Wildman–Crippen MR) is 91.3 cm³/mol. The van der Waals surface area contributed by atoms with Crippen LogP contribution in [0.2, 0.25) is 0 Å². The molecule has 0 bridgehead atoms. The minimum atomic E-state index is -5.08. The number of carbonyl (C=O) groups is 3. The summed E-state index contributed by atoms with van der Waals surface area (Å²) in [5, 5.41) is 10.4. The summed E-state index contributed by atoms with van der Waals surface area (Å²) in [6, 6.07) is 5.28. The largest absolute Gasteiger partial charge is 0.490 e. The monoisotopic (exact) mass is 403 g/mol. The molecule has 0 saturated heterocycles. The number of halogens is 3. The Labute approximate surface area is 155 Å². The summed E-state index contributed by atoms with van der Waals surface area (Å²) >= 11 is 0. The van der Waals surface area contributed by atoms with Crippen molar-refractivity contribution >= 4 is 34.4 Å². The highest BCUT2D eigenvalue weighted by Crippen LogP contribution is 2.20. The molecule has 28 heavy (non-hydrogen) atoms. The zero-order valence-electron chi connectivity index (χ0n) is 14.4. The average Bonchev–Trinajstić information content (AvgIpc) is 2.53. The number of rotatable bonds is 4. The molecule has 12 heteroatoms. The van der Waals surface area contributed by atoms with Gasteiger partial charge in [0.2, 0.25) is 11.8 Å². The van der Waals surface area contributed by atoms with Crippen LogP contribution in [-0.2, 0) is 14.4 Å². The number of carboxylic acids is 1. The molecule has 0 aliphatic rings. The van der Waals surface area contributed by atoms with Crippen LogP contribution < -0.4 is 22.4 Å². The van der Waals surface area contributed by atoms with E-state index in [1.165, 1.54) is 12.1 Å². The van der Waals surface area contributed by atoms with E-state index in [2.05, 4.69) is 5.32 Å². The number of aliphatic carboxylic acids is 1. The lowest BCUT2D eigenvalue weighted by Crippen LogP contribution is -2.38. The smallest absolute Gasteiger partial charge is 0.475 e. The number of anilines is 1. The molecule has 2 rings (SSSR count). The van der Waals surface area contributed by atoms with Crippen molar-refractivity contribution in [1.29, 1.82) is 0 Å². The second-order valence-electron chi connectivity index (χ2n) is 5.53. The summed E-state index contributed by atoms with van der Waals surface area (Å²) in [6.07, 6.45) is -5.33. The molecule has 1 aromatic heterocycles. The van der Waals surface area contributed by atoms with Gasteiger partial charge < -0.3 is 26.3 Å². The molecule has 0 aliphatic heterocycles. The van der Waals surface area contributed by atoms with Gasteiger partial charge in [0.1, 0.15) is 5.58 Å². The van der Waals surface area contributed by atoms with Crippen molar-refractivity contribution in [2.24, 2.45) is 11.5 Å². The van der Waals surface area contributed by atoms with E-state index in [-0.39, 0.29) is 6.42 Å². The van der Waals surface area contributed by atoms with Crippen molar-refractivity contribution in [3.05, 3.63) is 40.2 Å². The van der Waals surface area contributed by atoms with E-state index in [0.29, 0.717) is 11.3 Å². The van der Waals surface area contributed by atoms with Crippen LogP contribution in [0.4, 0.5) is 18.9 Å². The molecule has 0 saturated carbocycles. The number of nitrogens with two attached hydrogens (primary N) is 2. The third-order valence-corrected chi connectivity index (χ3v) is 3.22. The van der Waals surface area contributed by atoms with Crippen LogP contribution in [0.5, 0.6) is 0 Å². The first-order chi connectivity index (χ1) is 12.8. The van der Waals surface area contributed by atoms with Crippen LogP contribution in [0.25, 0.3) is 11.0 Å². The first-order valence-electron chi connectivity index (χ1n) is 7.50. The lowest BCUT2D eigenvalue weighted by atomic mass is 10.1. The van der Waals surface area contributed by atoms with E-state index in [0.717, 1.165) is 10.9 Å². The fraction of sp³-hybridized carbons (Fsp3) is 0.250. The molecule has 152 valence electrons. The Balaban J connectivity index is 0.000000480. The molecule has 0 radical (unpaired) electrons. The van der Waals surface area contributed by atoms with Crippen molar-refractivity contribution in [2.45, 2.75) is 25.6 Å². The number of nitrogens with one attached hydrogen (secondary N) is 1. The number of hydrogen-bond donors (Lipinski definition) is 4. The third-order valence-electron chi connectivity index (χ3n) is 3.22. The molecule has 1 atom stereocenters. The number of carbonyl (C=O) groups excluding carboxylic acids is 2. The quantitative estimate of drug-likeness (QED) is 0.550. The topological polar surface area (TPSA) is 166 Å². The van der Waals surface area contributed by atoms with Gasteiger partial charge >= 0.3 is 17.8 Å². The Morgan fingerprint density at radius 3 is 2.32 bits per heavy atom. The zero-order chi connectivity index (χ0) is 21.6. The average molecular weight is 403 g/mol. The van der Waals surface area contributed by atoms with E-state index >= 15 is 0 Å². The fourth-order valence-corrected chi connectivity index (χ4v) is 1.95. The molecule has 2 amide bonds. The van der Waals surface area contributed by atoms with Crippen molar-refractivity contribution < 1.29 is 37.1 Å². The lowest BCUT2D eigenvalue weighted by Gasteiger charge is -2.11. The maximum absolute atomic E-state index is 11.8. The molecular weight excluding hydrogens is 387 g/mol. The summed E-state index contributed by atoms with van der Waals surface area (Å²) in [6.45, 7) is 1.79. The number of primary amides is 1. The Bertz CT molecular complexity index is 955. The van der Waals surface area contributed by atoms with Crippen LogP contribution in [0.3, 0.4) is 0 Å². The van der Waals surface area contributed by atoms with Gasteiger partial charge in [0.05, 0.1) is 12.5 Å². The molecule has 1 aromatic carbocycles. The molecule has 0 spiro atoms. The van der Waals surface area contributed by atoms with Crippen LogP contribution in [0.1, 0.15) is 12.0 Å². The highest BCUT2D eigenvalue weighted by Gasteiger charge is 2.38. The first-order valence-corrected chi connectivity index (χ1v) is 7.50. The van der Waals surface area contributed by atoms with Gasteiger partial charge in [-0.1, -0.05) is 0 Å². The van der Waals surface area contributed by atoms with Gasteiger partial charge in [-0.3, -0.25) is 9.59 Å². The van der Waals surface area contributed by atoms with Crippen LogP contribution in [0, 0.1) is 6.92 Å². The molecule has 2 aromatic rings. The van der Waals surface area contributed by atoms with Crippen LogP contribution in [0.15, 0.2) is 33.5 Å². The maximum atomic E-state index is 11.8. The van der Waals surface area contributed by atoms with Crippen molar-refractivity contribution in [3.8, 4) is 0 Å². The van der Waals surface area contributed by atoms with E-state index in [9.17, 15) is 27.6 Å². The van der Waals surface area contributed by atoms with Crippen LogP contribution in [-0.4, -0.2) is 35.1 Å². The van der Waals surface area contributed by atoms with Gasteiger partial charge in [0.25, 0.3) is 0 Å². The van der Waals surface area contributed by atoms with E-state index in [4.69, 9.17) is 25.8 Å². The molecule has 0 fully saturated rings. The summed E-state index contributed by atoms with van der Waals surface area (Å²) in [4.78, 5) is 42.7. The number of benzene rings is 1. The normalized spacial score (nSPS) is 11.9.